The first kappa shape index (κ1) is 3.94. The SMILES string of the molecule is C1CC2CC[C@H]2C1. The normalized spacial score (nSPS) is 48.0. The zero-order chi connectivity index (χ0) is 4.69. The first-order chi connectivity index (χ1) is 3.47. The summed E-state index contributed by atoms with van der Waals surface area (Å²) < 4.78 is 0. The highest BCUT2D eigenvalue weighted by molar-refractivity contribution is 4.85. The molecule has 2 aliphatic carbocycles. The van der Waals surface area contributed by atoms with Gasteiger partial charge in [-0.25, -0.2) is 0 Å². The van der Waals surface area contributed by atoms with Crippen LogP contribution in [0.1, 0.15) is 32.1 Å². The number of rotatable bonds is 0. The van der Waals surface area contributed by atoms with Gasteiger partial charge in [0, 0.05) is 0 Å². The van der Waals surface area contributed by atoms with Gasteiger partial charge in [0.25, 0.3) is 0 Å². The van der Waals surface area contributed by atoms with Crippen molar-refractivity contribution in [2.45, 2.75) is 32.1 Å². The van der Waals surface area contributed by atoms with Gasteiger partial charge in [0.15, 0.2) is 0 Å². The maximum atomic E-state index is 1.56. The predicted molar refractivity (Wildman–Crippen MR) is 30.1 cm³/mol. The van der Waals surface area contributed by atoms with E-state index in [1.807, 2.05) is 0 Å². The molecule has 40 valence electrons. The predicted octanol–water partition coefficient (Wildman–Crippen LogP) is 2.20. The molecule has 0 heteroatoms. The van der Waals surface area contributed by atoms with Crippen LogP contribution in [0.15, 0.2) is 0 Å². The molecule has 0 heterocycles. The standard InChI is InChI=1S/C7H12/c1-2-6-4-5-7(6)3-1/h6-7H,1-5H2/t6-,7?/m1/s1. The van der Waals surface area contributed by atoms with Crippen molar-refractivity contribution in [1.29, 1.82) is 0 Å². The van der Waals surface area contributed by atoms with Crippen LogP contribution in [0, 0.1) is 11.8 Å². The fraction of sp³-hybridized carbons (Fsp3) is 1.00. The minimum Gasteiger partial charge on any atom is -0.0528 e. The van der Waals surface area contributed by atoms with Crippen LogP contribution in [0.5, 0.6) is 0 Å². The molecule has 0 aromatic heterocycles. The van der Waals surface area contributed by atoms with Crippen molar-refractivity contribution >= 4 is 0 Å². The Labute approximate surface area is 44.9 Å². The molecule has 2 atom stereocenters. The molecule has 0 nitrogen and oxygen atoms in total. The van der Waals surface area contributed by atoms with Crippen LogP contribution in [0.4, 0.5) is 0 Å². The van der Waals surface area contributed by atoms with Gasteiger partial charge in [0.1, 0.15) is 0 Å². The summed E-state index contributed by atoms with van der Waals surface area (Å²) in [5.74, 6) is 2.39. The molecule has 0 aliphatic heterocycles. The van der Waals surface area contributed by atoms with Crippen LogP contribution in [-0.4, -0.2) is 0 Å². The molecule has 2 fully saturated rings. The molecule has 0 radical (unpaired) electrons. The Hall–Kier alpha value is 0. The second-order valence-electron chi connectivity index (χ2n) is 3.03. The highest BCUT2D eigenvalue weighted by Crippen LogP contribution is 2.46. The molecule has 0 N–H and O–H groups in total. The maximum Gasteiger partial charge on any atom is -0.0386 e. The minimum atomic E-state index is 1.19. The third-order valence-electron chi connectivity index (χ3n) is 2.72. The summed E-state index contributed by atoms with van der Waals surface area (Å²) in [5.41, 5.74) is 0. The Bertz CT molecular complexity index is 66.1. The number of fused-ring (bicyclic) bond motifs is 1. The molecule has 0 saturated heterocycles. The zero-order valence-corrected chi connectivity index (χ0v) is 4.69. The molecule has 0 aromatic rings. The van der Waals surface area contributed by atoms with E-state index in [1.165, 1.54) is 18.3 Å². The Morgan fingerprint density at radius 2 is 1.29 bits per heavy atom. The molecule has 2 aliphatic rings. The fourth-order valence-corrected chi connectivity index (χ4v) is 2.04. The van der Waals surface area contributed by atoms with Gasteiger partial charge >= 0.3 is 0 Å². The third-order valence-corrected chi connectivity index (χ3v) is 2.72. The van der Waals surface area contributed by atoms with E-state index in [2.05, 4.69) is 0 Å². The van der Waals surface area contributed by atoms with Crippen LogP contribution < -0.4 is 0 Å². The van der Waals surface area contributed by atoms with E-state index in [0.717, 1.165) is 0 Å². The second-order valence-corrected chi connectivity index (χ2v) is 3.03. The van der Waals surface area contributed by atoms with Gasteiger partial charge in [-0.3, -0.25) is 0 Å². The number of hydrogen-bond acceptors (Lipinski definition) is 0. The monoisotopic (exact) mass is 96.1 g/mol. The van der Waals surface area contributed by atoms with Crippen molar-refractivity contribution in [2.24, 2.45) is 11.8 Å². The lowest BCUT2D eigenvalue weighted by molar-refractivity contribution is 0.219. The summed E-state index contributed by atoms with van der Waals surface area (Å²) in [5, 5.41) is 0. The van der Waals surface area contributed by atoms with Crippen molar-refractivity contribution in [3.63, 3.8) is 0 Å². The second kappa shape index (κ2) is 1.24. The lowest BCUT2D eigenvalue weighted by atomic mass is 9.77. The van der Waals surface area contributed by atoms with Gasteiger partial charge in [-0.05, 0) is 24.7 Å². The average molecular weight is 96.2 g/mol. The van der Waals surface area contributed by atoms with Gasteiger partial charge in [-0.15, -0.1) is 0 Å². The van der Waals surface area contributed by atoms with Crippen molar-refractivity contribution < 1.29 is 0 Å². The molecule has 7 heavy (non-hydrogen) atoms. The average Bonchev–Trinajstić information content (AvgIpc) is 1.85. The van der Waals surface area contributed by atoms with Gasteiger partial charge in [0.2, 0.25) is 0 Å². The summed E-state index contributed by atoms with van der Waals surface area (Å²) in [4.78, 5) is 0. The molecular formula is C7H12. The molecule has 0 aromatic carbocycles. The van der Waals surface area contributed by atoms with Crippen molar-refractivity contribution in [3.05, 3.63) is 0 Å². The Kier molecular flexibility index (Phi) is 0.697. The van der Waals surface area contributed by atoms with Crippen LogP contribution in [0.3, 0.4) is 0 Å². The summed E-state index contributed by atoms with van der Waals surface area (Å²) in [6.07, 6.45) is 7.78. The molecule has 1 unspecified atom stereocenters. The third kappa shape index (κ3) is 0.427. The van der Waals surface area contributed by atoms with E-state index < -0.39 is 0 Å². The zero-order valence-electron chi connectivity index (χ0n) is 4.69. The summed E-state index contributed by atoms with van der Waals surface area (Å²) in [6.45, 7) is 0. The van der Waals surface area contributed by atoms with Gasteiger partial charge in [0.05, 0.1) is 0 Å². The summed E-state index contributed by atoms with van der Waals surface area (Å²) in [6, 6.07) is 0. The van der Waals surface area contributed by atoms with Crippen LogP contribution in [0.2, 0.25) is 0 Å². The van der Waals surface area contributed by atoms with Gasteiger partial charge < -0.3 is 0 Å². The first-order valence-corrected chi connectivity index (χ1v) is 3.47. The molecule has 2 saturated carbocycles. The smallest absolute Gasteiger partial charge is 0.0386 e. The van der Waals surface area contributed by atoms with E-state index in [1.54, 1.807) is 25.7 Å². The van der Waals surface area contributed by atoms with E-state index in [9.17, 15) is 0 Å². The van der Waals surface area contributed by atoms with E-state index in [0.29, 0.717) is 0 Å². The van der Waals surface area contributed by atoms with Crippen molar-refractivity contribution in [2.75, 3.05) is 0 Å². The van der Waals surface area contributed by atoms with Gasteiger partial charge in [-0.1, -0.05) is 19.3 Å². The van der Waals surface area contributed by atoms with E-state index in [4.69, 9.17) is 0 Å². The topological polar surface area (TPSA) is 0 Å². The Morgan fingerprint density at radius 3 is 1.57 bits per heavy atom. The highest BCUT2D eigenvalue weighted by Gasteiger charge is 2.34. The van der Waals surface area contributed by atoms with Crippen molar-refractivity contribution in [3.8, 4) is 0 Å². The Morgan fingerprint density at radius 1 is 0.714 bits per heavy atom. The van der Waals surface area contributed by atoms with Crippen LogP contribution >= 0.6 is 0 Å². The summed E-state index contributed by atoms with van der Waals surface area (Å²) >= 11 is 0. The van der Waals surface area contributed by atoms with Crippen LogP contribution in [0.25, 0.3) is 0 Å². The van der Waals surface area contributed by atoms with Crippen molar-refractivity contribution in [1.82, 2.24) is 0 Å². The fourth-order valence-electron chi connectivity index (χ4n) is 2.04. The number of hydrogen-bond donors (Lipinski definition) is 0. The molecule has 0 amide bonds. The lowest BCUT2D eigenvalue weighted by Crippen LogP contribution is -2.18. The van der Waals surface area contributed by atoms with E-state index >= 15 is 0 Å². The largest absolute Gasteiger partial charge is 0.0528 e. The molecule has 0 bridgehead atoms. The lowest BCUT2D eigenvalue weighted by Gasteiger charge is -2.29. The maximum absolute atomic E-state index is 1.56. The minimum absolute atomic E-state index is 1.19. The molecule has 0 spiro atoms. The van der Waals surface area contributed by atoms with E-state index in [-0.39, 0.29) is 0 Å². The quantitative estimate of drug-likeness (QED) is 0.433. The van der Waals surface area contributed by atoms with Crippen LogP contribution in [-0.2, 0) is 0 Å². The Balaban J connectivity index is 2.03. The molecular weight excluding hydrogens is 84.1 g/mol. The summed E-state index contributed by atoms with van der Waals surface area (Å²) in [7, 11) is 0. The highest BCUT2D eigenvalue weighted by atomic mass is 14.4. The molecule has 2 rings (SSSR count). The van der Waals surface area contributed by atoms with Gasteiger partial charge in [-0.2, -0.15) is 0 Å². The first-order valence-electron chi connectivity index (χ1n) is 3.47.